The third-order valence-electron chi connectivity index (χ3n) is 2.49. The molecule has 0 aliphatic heterocycles. The molecular formula is C12H21N3O. The van der Waals surface area contributed by atoms with Crippen LogP contribution < -0.4 is 5.32 Å². The molecule has 0 saturated heterocycles. The molecule has 0 atom stereocenters. The number of nitrogens with zero attached hydrogens (tertiary/aromatic N) is 2. The molecule has 0 bridgehead atoms. The monoisotopic (exact) mass is 223 g/mol. The van der Waals surface area contributed by atoms with Crippen molar-refractivity contribution in [2.45, 2.75) is 40.2 Å². The number of hydrogen-bond acceptors (Lipinski definition) is 3. The molecule has 0 fully saturated rings. The van der Waals surface area contributed by atoms with Gasteiger partial charge in [-0.15, -0.1) is 0 Å². The Balaban J connectivity index is 2.48. The summed E-state index contributed by atoms with van der Waals surface area (Å²) in [5.74, 6) is 0.274. The summed E-state index contributed by atoms with van der Waals surface area (Å²) in [6.45, 7) is 8.55. The van der Waals surface area contributed by atoms with Crippen LogP contribution in [0.2, 0.25) is 0 Å². The van der Waals surface area contributed by atoms with Gasteiger partial charge in [-0.2, -0.15) is 5.10 Å². The second-order valence-corrected chi connectivity index (χ2v) is 3.91. The number of aryl methyl sites for hydroxylation is 2. The summed E-state index contributed by atoms with van der Waals surface area (Å²) < 4.78 is 1.90. The Labute approximate surface area is 97.0 Å². The molecule has 1 heterocycles. The number of carbonyl (C=O) groups excluding carboxylic acids is 1. The van der Waals surface area contributed by atoms with Crippen LogP contribution in [-0.4, -0.2) is 28.7 Å². The predicted octanol–water partition coefficient (Wildman–Crippen LogP) is 1.32. The molecule has 4 nitrogen and oxygen atoms in total. The van der Waals surface area contributed by atoms with Gasteiger partial charge in [-0.25, -0.2) is 0 Å². The largest absolute Gasteiger partial charge is 0.317 e. The van der Waals surface area contributed by atoms with E-state index < -0.39 is 0 Å². The summed E-state index contributed by atoms with van der Waals surface area (Å²) in [6, 6.07) is 1.99. The Morgan fingerprint density at radius 3 is 2.88 bits per heavy atom. The minimum Gasteiger partial charge on any atom is -0.317 e. The average molecular weight is 223 g/mol. The van der Waals surface area contributed by atoms with Crippen molar-refractivity contribution in [3.8, 4) is 0 Å². The second kappa shape index (κ2) is 6.43. The van der Waals surface area contributed by atoms with E-state index in [0.717, 1.165) is 31.0 Å². The maximum absolute atomic E-state index is 11.7. The van der Waals surface area contributed by atoms with E-state index in [2.05, 4.69) is 10.4 Å². The molecule has 4 heteroatoms. The van der Waals surface area contributed by atoms with Crippen molar-refractivity contribution >= 4 is 5.78 Å². The highest BCUT2D eigenvalue weighted by molar-refractivity contribution is 5.80. The Hall–Kier alpha value is -1.16. The first kappa shape index (κ1) is 12.9. The molecule has 1 aromatic heterocycles. The minimum absolute atomic E-state index is 0.274. The van der Waals surface area contributed by atoms with Gasteiger partial charge < -0.3 is 5.32 Å². The zero-order valence-corrected chi connectivity index (χ0v) is 10.4. The molecular weight excluding hydrogens is 202 g/mol. The molecule has 16 heavy (non-hydrogen) atoms. The predicted molar refractivity (Wildman–Crippen MR) is 64.5 cm³/mol. The first-order chi connectivity index (χ1) is 7.67. The van der Waals surface area contributed by atoms with Crippen LogP contribution in [0.25, 0.3) is 0 Å². The zero-order chi connectivity index (χ0) is 12.0. The number of hydrogen-bond donors (Lipinski definition) is 1. The van der Waals surface area contributed by atoms with Crippen LogP contribution in [-0.2, 0) is 17.8 Å². The van der Waals surface area contributed by atoms with E-state index in [1.807, 2.05) is 31.5 Å². The summed E-state index contributed by atoms with van der Waals surface area (Å²) in [5, 5.41) is 7.48. The van der Waals surface area contributed by atoms with Crippen LogP contribution in [0.5, 0.6) is 0 Å². The van der Waals surface area contributed by atoms with E-state index in [9.17, 15) is 4.79 Å². The highest BCUT2D eigenvalue weighted by Gasteiger charge is 2.09. The Morgan fingerprint density at radius 1 is 1.50 bits per heavy atom. The smallest absolute Gasteiger partial charge is 0.140 e. The normalized spacial score (nSPS) is 10.7. The van der Waals surface area contributed by atoms with Gasteiger partial charge >= 0.3 is 0 Å². The Morgan fingerprint density at radius 2 is 2.25 bits per heavy atom. The number of rotatable bonds is 7. The van der Waals surface area contributed by atoms with Gasteiger partial charge in [0.15, 0.2) is 0 Å². The topological polar surface area (TPSA) is 46.9 Å². The lowest BCUT2D eigenvalue weighted by molar-refractivity contribution is -0.118. The molecule has 0 radical (unpaired) electrons. The first-order valence-electron chi connectivity index (χ1n) is 5.93. The van der Waals surface area contributed by atoms with Gasteiger partial charge in [0.05, 0.1) is 5.69 Å². The molecule has 0 spiro atoms. The van der Waals surface area contributed by atoms with Gasteiger partial charge in [0, 0.05) is 31.6 Å². The molecule has 1 rings (SSSR count). The number of ketones is 1. The fourth-order valence-electron chi connectivity index (χ4n) is 1.71. The average Bonchev–Trinajstić information content (AvgIpc) is 2.59. The van der Waals surface area contributed by atoms with Crippen LogP contribution >= 0.6 is 0 Å². The van der Waals surface area contributed by atoms with E-state index >= 15 is 0 Å². The van der Waals surface area contributed by atoms with Crippen LogP contribution in [0.1, 0.15) is 31.7 Å². The van der Waals surface area contributed by atoms with E-state index in [-0.39, 0.29) is 5.78 Å². The fraction of sp³-hybridized carbons (Fsp3) is 0.667. The van der Waals surface area contributed by atoms with Crippen molar-refractivity contribution in [3.05, 3.63) is 17.5 Å². The van der Waals surface area contributed by atoms with Crippen molar-refractivity contribution in [2.24, 2.45) is 0 Å². The van der Waals surface area contributed by atoms with E-state index in [0.29, 0.717) is 12.8 Å². The number of Topliss-reactive ketones (excluding diaryl/α,β-unsaturated/α-hetero) is 1. The summed E-state index contributed by atoms with van der Waals surface area (Å²) in [7, 11) is 0. The molecule has 0 aromatic carbocycles. The lowest BCUT2D eigenvalue weighted by atomic mass is 10.1. The number of aromatic nitrogens is 2. The third-order valence-corrected chi connectivity index (χ3v) is 2.49. The molecule has 0 unspecified atom stereocenters. The molecule has 90 valence electrons. The van der Waals surface area contributed by atoms with Gasteiger partial charge in [0.2, 0.25) is 0 Å². The van der Waals surface area contributed by atoms with Crippen LogP contribution in [0, 0.1) is 6.92 Å². The SMILES string of the molecule is CCNCCC(=O)Cc1cc(C)nn1CC. The minimum atomic E-state index is 0.274. The second-order valence-electron chi connectivity index (χ2n) is 3.91. The maximum Gasteiger partial charge on any atom is 0.140 e. The molecule has 1 aromatic rings. The van der Waals surface area contributed by atoms with Crippen molar-refractivity contribution < 1.29 is 4.79 Å². The lowest BCUT2D eigenvalue weighted by Gasteiger charge is -2.04. The van der Waals surface area contributed by atoms with Crippen molar-refractivity contribution in [3.63, 3.8) is 0 Å². The standard InChI is InChI=1S/C12H21N3O/c1-4-13-7-6-12(16)9-11-8-10(3)14-15(11)5-2/h8,13H,4-7,9H2,1-3H3. The first-order valence-corrected chi connectivity index (χ1v) is 5.93. The van der Waals surface area contributed by atoms with Gasteiger partial charge in [0.1, 0.15) is 5.78 Å². The van der Waals surface area contributed by atoms with Crippen LogP contribution in [0.3, 0.4) is 0 Å². The molecule has 0 saturated carbocycles. The molecule has 0 amide bonds. The van der Waals surface area contributed by atoms with Crippen LogP contribution in [0.15, 0.2) is 6.07 Å². The Kier molecular flexibility index (Phi) is 5.19. The number of nitrogens with one attached hydrogen (secondary N) is 1. The summed E-state index contributed by atoms with van der Waals surface area (Å²) in [6.07, 6.45) is 1.10. The molecule has 1 N–H and O–H groups in total. The molecule has 0 aliphatic carbocycles. The highest BCUT2D eigenvalue weighted by Crippen LogP contribution is 2.06. The third kappa shape index (κ3) is 3.77. The quantitative estimate of drug-likeness (QED) is 0.709. The van der Waals surface area contributed by atoms with E-state index in [1.54, 1.807) is 0 Å². The van der Waals surface area contributed by atoms with Gasteiger partial charge in [0.25, 0.3) is 0 Å². The summed E-state index contributed by atoms with van der Waals surface area (Å²) in [5.41, 5.74) is 2.01. The van der Waals surface area contributed by atoms with Gasteiger partial charge in [-0.1, -0.05) is 6.92 Å². The fourth-order valence-corrected chi connectivity index (χ4v) is 1.71. The van der Waals surface area contributed by atoms with E-state index in [1.165, 1.54) is 0 Å². The van der Waals surface area contributed by atoms with Crippen molar-refractivity contribution in [1.82, 2.24) is 15.1 Å². The maximum atomic E-state index is 11.7. The number of carbonyl (C=O) groups is 1. The van der Waals surface area contributed by atoms with Gasteiger partial charge in [-0.05, 0) is 26.5 Å². The van der Waals surface area contributed by atoms with Crippen LogP contribution in [0.4, 0.5) is 0 Å². The Bertz CT molecular complexity index is 344. The summed E-state index contributed by atoms with van der Waals surface area (Å²) >= 11 is 0. The van der Waals surface area contributed by atoms with E-state index in [4.69, 9.17) is 0 Å². The zero-order valence-electron chi connectivity index (χ0n) is 10.4. The lowest BCUT2D eigenvalue weighted by Crippen LogP contribution is -2.19. The van der Waals surface area contributed by atoms with Gasteiger partial charge in [-0.3, -0.25) is 9.48 Å². The highest BCUT2D eigenvalue weighted by atomic mass is 16.1. The van der Waals surface area contributed by atoms with Crippen molar-refractivity contribution in [1.29, 1.82) is 0 Å². The van der Waals surface area contributed by atoms with Crippen molar-refractivity contribution in [2.75, 3.05) is 13.1 Å². The molecule has 0 aliphatic rings. The summed E-state index contributed by atoms with van der Waals surface area (Å²) in [4.78, 5) is 11.7.